The van der Waals surface area contributed by atoms with Gasteiger partial charge in [-0.15, -0.1) is 0 Å². The lowest BCUT2D eigenvalue weighted by Crippen LogP contribution is -2.42. The zero-order valence-electron chi connectivity index (χ0n) is 9.78. The van der Waals surface area contributed by atoms with Crippen molar-refractivity contribution < 1.29 is 14.7 Å². The van der Waals surface area contributed by atoms with Crippen molar-refractivity contribution in [2.75, 3.05) is 13.6 Å². The summed E-state index contributed by atoms with van der Waals surface area (Å²) < 4.78 is 0. The molecule has 2 unspecified atom stereocenters. The molecule has 0 saturated carbocycles. The highest BCUT2D eigenvalue weighted by Gasteiger charge is 2.22. The quantitative estimate of drug-likeness (QED) is 0.670. The van der Waals surface area contributed by atoms with Gasteiger partial charge in [0.15, 0.2) is 0 Å². The van der Waals surface area contributed by atoms with Gasteiger partial charge in [0.05, 0.1) is 0 Å². The van der Waals surface area contributed by atoms with Gasteiger partial charge < -0.3 is 15.3 Å². The summed E-state index contributed by atoms with van der Waals surface area (Å²) >= 11 is 0. The number of carboxylic acids is 1. The van der Waals surface area contributed by atoms with E-state index in [1.165, 1.54) is 18.9 Å². The highest BCUT2D eigenvalue weighted by atomic mass is 16.4. The minimum absolute atomic E-state index is 0.0749. The zero-order chi connectivity index (χ0) is 12.0. The van der Waals surface area contributed by atoms with Gasteiger partial charge in [-0.05, 0) is 20.4 Å². The van der Waals surface area contributed by atoms with E-state index in [0.717, 1.165) is 6.54 Å². The fourth-order valence-corrected chi connectivity index (χ4v) is 1.21. The van der Waals surface area contributed by atoms with E-state index in [4.69, 9.17) is 5.11 Å². The maximum Gasteiger partial charge on any atom is 0.326 e. The van der Waals surface area contributed by atoms with E-state index in [-0.39, 0.29) is 11.9 Å². The van der Waals surface area contributed by atoms with E-state index in [1.54, 1.807) is 0 Å². The number of hydrogen-bond donors (Lipinski definition) is 2. The largest absolute Gasteiger partial charge is 0.480 e. The van der Waals surface area contributed by atoms with Crippen molar-refractivity contribution >= 4 is 11.9 Å². The Morgan fingerprint density at radius 2 is 1.93 bits per heavy atom. The fourth-order valence-electron chi connectivity index (χ4n) is 1.21. The van der Waals surface area contributed by atoms with Gasteiger partial charge in [-0.2, -0.15) is 0 Å². The van der Waals surface area contributed by atoms with Crippen molar-refractivity contribution in [1.29, 1.82) is 0 Å². The van der Waals surface area contributed by atoms with Crippen LogP contribution >= 0.6 is 0 Å². The molecule has 2 N–H and O–H groups in total. The van der Waals surface area contributed by atoms with E-state index in [9.17, 15) is 9.59 Å². The summed E-state index contributed by atoms with van der Waals surface area (Å²) in [4.78, 5) is 23.5. The molecular formula is C10H20N2O3. The molecule has 0 heterocycles. The minimum atomic E-state index is -0.984. The lowest BCUT2D eigenvalue weighted by Gasteiger charge is -2.23. The van der Waals surface area contributed by atoms with Crippen LogP contribution in [0.5, 0.6) is 0 Å². The Hall–Kier alpha value is -1.10. The molecule has 1 amide bonds. The summed E-state index contributed by atoms with van der Waals surface area (Å²) in [7, 11) is 1.51. The van der Waals surface area contributed by atoms with Crippen molar-refractivity contribution in [3.05, 3.63) is 0 Å². The first-order valence-electron chi connectivity index (χ1n) is 5.12. The molecule has 0 aromatic carbocycles. The van der Waals surface area contributed by atoms with Gasteiger partial charge in [0.25, 0.3) is 0 Å². The first-order valence-corrected chi connectivity index (χ1v) is 5.12. The van der Waals surface area contributed by atoms with Gasteiger partial charge in [-0.25, -0.2) is 4.79 Å². The molecule has 0 spiro atoms. The summed E-state index contributed by atoms with van der Waals surface area (Å²) in [5, 5.41) is 11.8. The fraction of sp³-hybridized carbons (Fsp3) is 0.800. The second kappa shape index (κ2) is 6.40. The monoisotopic (exact) mass is 216 g/mol. The predicted molar refractivity (Wildman–Crippen MR) is 57.6 cm³/mol. The Balaban J connectivity index is 4.15. The number of amides is 1. The Bertz CT molecular complexity index is 231. The number of nitrogens with one attached hydrogen (secondary N) is 1. The molecule has 2 atom stereocenters. The first-order chi connectivity index (χ1) is 6.90. The average Bonchev–Trinajstić information content (AvgIpc) is 2.15. The molecule has 5 nitrogen and oxygen atoms in total. The van der Waals surface area contributed by atoms with Gasteiger partial charge >= 0.3 is 5.97 Å². The van der Waals surface area contributed by atoms with Crippen molar-refractivity contribution in [1.82, 2.24) is 10.2 Å². The second-order valence-electron chi connectivity index (χ2n) is 3.68. The number of carbonyl (C=O) groups excluding carboxylic acids is 1. The van der Waals surface area contributed by atoms with Crippen LogP contribution in [0.15, 0.2) is 0 Å². The molecule has 5 heteroatoms. The van der Waals surface area contributed by atoms with E-state index in [0.29, 0.717) is 6.42 Å². The van der Waals surface area contributed by atoms with Gasteiger partial charge in [-0.3, -0.25) is 4.79 Å². The molecule has 0 aliphatic heterocycles. The highest BCUT2D eigenvalue weighted by molar-refractivity contribution is 5.83. The number of likely N-dealkylation sites (N-methyl/N-ethyl adjacent to an activating group) is 1. The summed E-state index contributed by atoms with van der Waals surface area (Å²) in [6, 6.07) is -0.697. The number of carboxylic acid groups (broad SMARTS) is 1. The molecule has 0 saturated heterocycles. The third kappa shape index (κ3) is 4.78. The first kappa shape index (κ1) is 13.9. The number of carbonyl (C=O) groups is 2. The summed E-state index contributed by atoms with van der Waals surface area (Å²) in [5.41, 5.74) is 0. The molecule has 0 aliphatic carbocycles. The molecule has 0 fully saturated rings. The Morgan fingerprint density at radius 1 is 1.40 bits per heavy atom. The van der Waals surface area contributed by atoms with Crippen LogP contribution in [0.2, 0.25) is 0 Å². The van der Waals surface area contributed by atoms with E-state index in [2.05, 4.69) is 5.32 Å². The van der Waals surface area contributed by atoms with E-state index in [1.807, 2.05) is 13.8 Å². The predicted octanol–water partition coefficient (Wildman–Crippen LogP) is 0.306. The average molecular weight is 216 g/mol. The molecule has 0 aromatic rings. The topological polar surface area (TPSA) is 69.6 Å². The highest BCUT2D eigenvalue weighted by Crippen LogP contribution is 2.01. The van der Waals surface area contributed by atoms with Crippen LogP contribution in [0.3, 0.4) is 0 Å². The molecule has 0 bridgehead atoms. The molecular weight excluding hydrogens is 196 g/mol. The number of rotatable bonds is 6. The summed E-state index contributed by atoms with van der Waals surface area (Å²) in [5.74, 6) is -1.14. The lowest BCUT2D eigenvalue weighted by atomic mass is 10.2. The maximum absolute atomic E-state index is 11.6. The van der Waals surface area contributed by atoms with Crippen LogP contribution in [-0.2, 0) is 9.59 Å². The number of hydrogen-bond acceptors (Lipinski definition) is 3. The maximum atomic E-state index is 11.6. The van der Waals surface area contributed by atoms with Crippen molar-refractivity contribution in [2.45, 2.75) is 39.3 Å². The molecule has 0 rings (SSSR count). The van der Waals surface area contributed by atoms with Crippen LogP contribution in [0, 0.1) is 0 Å². The van der Waals surface area contributed by atoms with Crippen LogP contribution in [0.1, 0.15) is 27.2 Å². The molecule has 0 radical (unpaired) electrons. The second-order valence-corrected chi connectivity index (χ2v) is 3.68. The molecule has 0 aliphatic rings. The van der Waals surface area contributed by atoms with Crippen LogP contribution < -0.4 is 5.32 Å². The Morgan fingerprint density at radius 3 is 2.33 bits per heavy atom. The lowest BCUT2D eigenvalue weighted by molar-refractivity contribution is -0.148. The molecule has 15 heavy (non-hydrogen) atoms. The van der Waals surface area contributed by atoms with E-state index >= 15 is 0 Å². The zero-order valence-corrected chi connectivity index (χ0v) is 9.78. The van der Waals surface area contributed by atoms with Gasteiger partial charge in [0.2, 0.25) is 5.91 Å². The normalized spacial score (nSPS) is 14.4. The summed E-state index contributed by atoms with van der Waals surface area (Å²) in [6.45, 7) is 6.16. The Kier molecular flexibility index (Phi) is 5.93. The molecule has 88 valence electrons. The van der Waals surface area contributed by atoms with Gasteiger partial charge in [-0.1, -0.05) is 6.92 Å². The third-order valence-electron chi connectivity index (χ3n) is 2.37. The van der Waals surface area contributed by atoms with Gasteiger partial charge in [0.1, 0.15) is 6.04 Å². The Labute approximate surface area is 90.5 Å². The number of nitrogens with zero attached hydrogens (tertiary/aromatic N) is 1. The standard InChI is InChI=1S/C10H20N2O3/c1-5-11-7(2)6-9(13)12(4)8(3)10(14)15/h7-8,11H,5-6H2,1-4H3,(H,14,15). The summed E-state index contributed by atoms with van der Waals surface area (Å²) in [6.07, 6.45) is 0.321. The third-order valence-corrected chi connectivity index (χ3v) is 2.37. The van der Waals surface area contributed by atoms with Crippen molar-refractivity contribution in [3.8, 4) is 0 Å². The van der Waals surface area contributed by atoms with Crippen LogP contribution in [0.25, 0.3) is 0 Å². The van der Waals surface area contributed by atoms with Crippen LogP contribution in [-0.4, -0.2) is 47.6 Å². The molecule has 0 aromatic heterocycles. The smallest absolute Gasteiger partial charge is 0.326 e. The van der Waals surface area contributed by atoms with Crippen LogP contribution in [0.4, 0.5) is 0 Å². The SMILES string of the molecule is CCNC(C)CC(=O)N(C)C(C)C(=O)O. The van der Waals surface area contributed by atoms with E-state index < -0.39 is 12.0 Å². The number of aliphatic carboxylic acids is 1. The van der Waals surface area contributed by atoms with Crippen molar-refractivity contribution in [3.63, 3.8) is 0 Å². The minimum Gasteiger partial charge on any atom is -0.480 e. The van der Waals surface area contributed by atoms with Gasteiger partial charge in [0, 0.05) is 19.5 Å². The van der Waals surface area contributed by atoms with Crippen molar-refractivity contribution in [2.24, 2.45) is 0 Å².